The molecule has 0 spiro atoms. The maximum atomic E-state index is 5.96. The van der Waals surface area contributed by atoms with Gasteiger partial charge in [0.05, 0.1) is 6.54 Å². The Balaban J connectivity index is 1.81. The van der Waals surface area contributed by atoms with Gasteiger partial charge in [0.1, 0.15) is 5.01 Å². The monoisotopic (exact) mass is 280 g/mol. The van der Waals surface area contributed by atoms with Crippen molar-refractivity contribution in [1.29, 1.82) is 0 Å². The SMILES string of the molecule is CCc1cnc(CN=C(N)NC2CCCCCC2)s1. The maximum absolute atomic E-state index is 5.96. The van der Waals surface area contributed by atoms with E-state index in [4.69, 9.17) is 5.73 Å². The number of hydrogen-bond donors (Lipinski definition) is 2. The molecule has 0 aliphatic heterocycles. The third-order valence-corrected chi connectivity index (χ3v) is 4.67. The molecule has 0 atom stereocenters. The summed E-state index contributed by atoms with van der Waals surface area (Å²) in [4.78, 5) is 10.1. The van der Waals surface area contributed by atoms with Gasteiger partial charge >= 0.3 is 0 Å². The van der Waals surface area contributed by atoms with Gasteiger partial charge in [-0.15, -0.1) is 11.3 Å². The highest BCUT2D eigenvalue weighted by molar-refractivity contribution is 7.11. The minimum absolute atomic E-state index is 0.508. The van der Waals surface area contributed by atoms with Crippen LogP contribution < -0.4 is 11.1 Å². The van der Waals surface area contributed by atoms with E-state index in [1.54, 1.807) is 11.3 Å². The fourth-order valence-corrected chi connectivity index (χ4v) is 3.20. The molecule has 1 aromatic rings. The summed E-state index contributed by atoms with van der Waals surface area (Å²) in [5.74, 6) is 0.570. The molecule has 19 heavy (non-hydrogen) atoms. The van der Waals surface area contributed by atoms with E-state index in [-0.39, 0.29) is 0 Å². The van der Waals surface area contributed by atoms with Crippen molar-refractivity contribution in [1.82, 2.24) is 10.3 Å². The Kier molecular flexibility index (Phi) is 5.63. The van der Waals surface area contributed by atoms with Crippen LogP contribution in [0.2, 0.25) is 0 Å². The number of aliphatic imine (C=N–C) groups is 1. The molecular weight excluding hydrogens is 256 g/mol. The van der Waals surface area contributed by atoms with Gasteiger partial charge in [0.2, 0.25) is 0 Å². The fourth-order valence-electron chi connectivity index (χ4n) is 2.42. The van der Waals surface area contributed by atoms with Crippen LogP contribution in [-0.2, 0) is 13.0 Å². The van der Waals surface area contributed by atoms with E-state index in [0.29, 0.717) is 18.5 Å². The summed E-state index contributed by atoms with van der Waals surface area (Å²) in [7, 11) is 0. The summed E-state index contributed by atoms with van der Waals surface area (Å²) in [5, 5.41) is 4.40. The van der Waals surface area contributed by atoms with E-state index in [1.165, 1.54) is 43.4 Å². The second-order valence-corrected chi connectivity index (χ2v) is 6.31. The Hall–Kier alpha value is -1.10. The molecule has 3 N–H and O–H groups in total. The van der Waals surface area contributed by atoms with Gasteiger partial charge in [0.15, 0.2) is 5.96 Å². The lowest BCUT2D eigenvalue weighted by Gasteiger charge is -2.16. The summed E-state index contributed by atoms with van der Waals surface area (Å²) in [6.45, 7) is 2.73. The average molecular weight is 280 g/mol. The van der Waals surface area contributed by atoms with Crippen molar-refractivity contribution in [2.24, 2.45) is 10.7 Å². The largest absolute Gasteiger partial charge is 0.370 e. The second-order valence-electron chi connectivity index (χ2n) is 5.11. The van der Waals surface area contributed by atoms with E-state index >= 15 is 0 Å². The fraction of sp³-hybridized carbons (Fsp3) is 0.714. The maximum Gasteiger partial charge on any atom is 0.189 e. The topological polar surface area (TPSA) is 63.3 Å². The molecule has 1 aromatic heterocycles. The molecule has 1 heterocycles. The van der Waals surface area contributed by atoms with Crippen LogP contribution in [0, 0.1) is 0 Å². The minimum Gasteiger partial charge on any atom is -0.370 e. The summed E-state index contributed by atoms with van der Waals surface area (Å²) < 4.78 is 0. The minimum atomic E-state index is 0.508. The molecule has 1 saturated carbocycles. The van der Waals surface area contributed by atoms with Crippen molar-refractivity contribution in [3.05, 3.63) is 16.1 Å². The summed E-state index contributed by atoms with van der Waals surface area (Å²) in [5.41, 5.74) is 5.96. The molecule has 0 amide bonds. The molecule has 0 saturated heterocycles. The molecule has 0 unspecified atom stereocenters. The van der Waals surface area contributed by atoms with Gasteiger partial charge in [-0.1, -0.05) is 32.6 Å². The Bertz CT molecular complexity index is 405. The lowest BCUT2D eigenvalue weighted by molar-refractivity contribution is 0.530. The second kappa shape index (κ2) is 7.48. The number of rotatable bonds is 4. The van der Waals surface area contributed by atoms with Gasteiger partial charge in [-0.3, -0.25) is 0 Å². The number of hydrogen-bond acceptors (Lipinski definition) is 3. The van der Waals surface area contributed by atoms with Crippen molar-refractivity contribution in [2.45, 2.75) is 64.5 Å². The third kappa shape index (κ3) is 4.82. The van der Waals surface area contributed by atoms with E-state index in [2.05, 4.69) is 22.2 Å². The van der Waals surface area contributed by atoms with Crippen LogP contribution in [0.3, 0.4) is 0 Å². The molecule has 2 rings (SSSR count). The number of aromatic nitrogens is 1. The number of nitrogens with one attached hydrogen (secondary N) is 1. The predicted octanol–water partition coefficient (Wildman–Crippen LogP) is 2.83. The molecule has 4 nitrogen and oxygen atoms in total. The first kappa shape index (κ1) is 14.3. The quantitative estimate of drug-likeness (QED) is 0.506. The lowest BCUT2D eigenvalue weighted by Crippen LogP contribution is -2.39. The number of aryl methyl sites for hydroxylation is 1. The zero-order chi connectivity index (χ0) is 13.5. The molecule has 0 radical (unpaired) electrons. The van der Waals surface area contributed by atoms with Crippen molar-refractivity contribution >= 4 is 17.3 Å². The van der Waals surface area contributed by atoms with Crippen LogP contribution in [0.25, 0.3) is 0 Å². The number of thiazole rings is 1. The zero-order valence-corrected chi connectivity index (χ0v) is 12.5. The van der Waals surface area contributed by atoms with Crippen LogP contribution >= 0.6 is 11.3 Å². The van der Waals surface area contributed by atoms with Gasteiger partial charge in [-0.2, -0.15) is 0 Å². The third-order valence-electron chi connectivity index (χ3n) is 3.54. The van der Waals surface area contributed by atoms with Gasteiger partial charge in [-0.25, -0.2) is 9.98 Å². The van der Waals surface area contributed by atoms with Crippen LogP contribution in [0.1, 0.15) is 55.3 Å². The van der Waals surface area contributed by atoms with E-state index in [9.17, 15) is 0 Å². The highest BCUT2D eigenvalue weighted by atomic mass is 32.1. The molecule has 5 heteroatoms. The normalized spacial score (nSPS) is 18.3. The Morgan fingerprint density at radius 3 is 2.79 bits per heavy atom. The molecule has 106 valence electrons. The first-order valence-electron chi connectivity index (χ1n) is 7.28. The van der Waals surface area contributed by atoms with Crippen molar-refractivity contribution in [2.75, 3.05) is 0 Å². The van der Waals surface area contributed by atoms with Crippen LogP contribution in [0.5, 0.6) is 0 Å². The Labute approximate surface area is 119 Å². The van der Waals surface area contributed by atoms with Gasteiger partial charge in [0, 0.05) is 17.1 Å². The van der Waals surface area contributed by atoms with E-state index in [1.807, 2.05) is 6.20 Å². The summed E-state index contributed by atoms with van der Waals surface area (Å²) in [6, 6.07) is 0.508. The lowest BCUT2D eigenvalue weighted by atomic mass is 10.1. The smallest absolute Gasteiger partial charge is 0.189 e. The van der Waals surface area contributed by atoms with Crippen molar-refractivity contribution in [3.8, 4) is 0 Å². The molecule has 0 bridgehead atoms. The van der Waals surface area contributed by atoms with Crippen molar-refractivity contribution < 1.29 is 0 Å². The number of guanidine groups is 1. The predicted molar refractivity (Wildman–Crippen MR) is 81.4 cm³/mol. The summed E-state index contributed by atoms with van der Waals surface area (Å²) >= 11 is 1.72. The zero-order valence-electron chi connectivity index (χ0n) is 11.7. The first-order chi connectivity index (χ1) is 9.28. The molecule has 0 aromatic carbocycles. The Morgan fingerprint density at radius 2 is 2.16 bits per heavy atom. The average Bonchev–Trinajstić information content (AvgIpc) is 2.73. The molecule has 1 aliphatic carbocycles. The van der Waals surface area contributed by atoms with Gasteiger partial charge < -0.3 is 11.1 Å². The highest BCUT2D eigenvalue weighted by Gasteiger charge is 2.12. The number of nitrogens with two attached hydrogens (primary N) is 1. The van der Waals surface area contributed by atoms with Gasteiger partial charge in [0.25, 0.3) is 0 Å². The molecule has 1 fully saturated rings. The molecular formula is C14H24N4S. The number of nitrogens with zero attached hydrogens (tertiary/aromatic N) is 2. The highest BCUT2D eigenvalue weighted by Crippen LogP contribution is 2.17. The first-order valence-corrected chi connectivity index (χ1v) is 8.09. The van der Waals surface area contributed by atoms with Crippen LogP contribution in [0.15, 0.2) is 11.2 Å². The molecule has 1 aliphatic rings. The van der Waals surface area contributed by atoms with Crippen LogP contribution in [-0.4, -0.2) is 17.0 Å². The van der Waals surface area contributed by atoms with Crippen LogP contribution in [0.4, 0.5) is 0 Å². The van der Waals surface area contributed by atoms with Crippen molar-refractivity contribution in [3.63, 3.8) is 0 Å². The van der Waals surface area contributed by atoms with E-state index < -0.39 is 0 Å². The van der Waals surface area contributed by atoms with Gasteiger partial charge in [-0.05, 0) is 19.3 Å². The van der Waals surface area contributed by atoms with E-state index in [0.717, 1.165) is 11.4 Å². The standard InChI is InChI=1S/C14H24N4S/c1-2-12-9-16-13(19-12)10-17-14(15)18-11-7-5-3-4-6-8-11/h9,11H,2-8,10H2,1H3,(H3,15,17,18). The Morgan fingerprint density at radius 1 is 1.42 bits per heavy atom. The summed E-state index contributed by atoms with van der Waals surface area (Å²) in [6.07, 6.45) is 10.7.